The Morgan fingerprint density at radius 2 is 0.811 bits per heavy atom. The summed E-state index contributed by atoms with van der Waals surface area (Å²) in [7, 11) is 4.01. The van der Waals surface area contributed by atoms with Gasteiger partial charge in [-0.2, -0.15) is 0 Å². The molecule has 5 heterocycles. The molecule has 9 rings (SSSR count). The molecule has 7 aromatic rings. The van der Waals surface area contributed by atoms with E-state index in [-0.39, 0.29) is 5.75 Å². The highest BCUT2D eigenvalue weighted by atomic mass is 16.3. The molecular weight excluding hydrogens is 651 g/mol. The summed E-state index contributed by atoms with van der Waals surface area (Å²) in [6, 6.07) is 45.7. The normalized spacial score (nSPS) is 12.1. The molecule has 0 saturated carbocycles. The second kappa shape index (κ2) is 13.4. The molecular formula is C47H37N5O. The van der Waals surface area contributed by atoms with Gasteiger partial charge < -0.3 is 20.0 Å². The molecule has 0 atom stereocenters. The molecule has 8 bridgehead atoms. The summed E-state index contributed by atoms with van der Waals surface area (Å²) < 4.78 is 0. The number of phenols is 1. The second-order valence-corrected chi connectivity index (χ2v) is 13.7. The minimum Gasteiger partial charge on any atom is -0.508 e. The maximum Gasteiger partial charge on any atom is 0.120 e. The van der Waals surface area contributed by atoms with E-state index in [0.717, 1.165) is 94.9 Å². The Balaban J connectivity index is 1.46. The van der Waals surface area contributed by atoms with Gasteiger partial charge in [0, 0.05) is 56.4 Å². The van der Waals surface area contributed by atoms with Crippen LogP contribution in [0.15, 0.2) is 133 Å². The summed E-state index contributed by atoms with van der Waals surface area (Å²) in [4.78, 5) is 20.4. The third-order valence-electron chi connectivity index (χ3n) is 9.80. The van der Waals surface area contributed by atoms with Gasteiger partial charge in [-0.25, -0.2) is 9.97 Å². The number of aromatic nitrogens is 4. The van der Waals surface area contributed by atoms with Crippen molar-refractivity contribution in [1.82, 2.24) is 24.8 Å². The molecule has 2 aliphatic rings. The van der Waals surface area contributed by atoms with E-state index in [1.807, 2.05) is 38.4 Å². The number of hydrogen-bond acceptors (Lipinski definition) is 4. The van der Waals surface area contributed by atoms with Gasteiger partial charge in [-0.05, 0) is 97.1 Å². The Bertz CT molecular complexity index is 2680. The molecule has 6 nitrogen and oxygen atoms in total. The van der Waals surface area contributed by atoms with Crippen LogP contribution in [0, 0.1) is 0 Å². The third kappa shape index (κ3) is 6.05. The van der Waals surface area contributed by atoms with Crippen LogP contribution in [-0.2, 0) is 6.54 Å². The van der Waals surface area contributed by atoms with Crippen molar-refractivity contribution in [2.75, 3.05) is 14.1 Å². The number of aromatic hydroxyl groups is 1. The molecule has 0 spiro atoms. The summed E-state index contributed by atoms with van der Waals surface area (Å²) in [5.41, 5.74) is 16.2. The fourth-order valence-corrected chi connectivity index (χ4v) is 7.44. The minimum atomic E-state index is 0.270. The van der Waals surface area contributed by atoms with Gasteiger partial charge in [0.25, 0.3) is 0 Å². The Labute approximate surface area is 308 Å². The first-order chi connectivity index (χ1) is 26.0. The lowest BCUT2D eigenvalue weighted by atomic mass is 10.0. The van der Waals surface area contributed by atoms with Crippen LogP contribution in [-0.4, -0.2) is 44.0 Å². The molecule has 3 N–H and O–H groups in total. The number of phenolic OH excluding ortho intramolecular Hbond substituents is 1. The highest BCUT2D eigenvalue weighted by Gasteiger charge is 2.19. The maximum absolute atomic E-state index is 10.9. The molecule has 4 aromatic carbocycles. The number of nitrogens with zero attached hydrogens (tertiary/aromatic N) is 3. The van der Waals surface area contributed by atoms with Gasteiger partial charge in [-0.15, -0.1) is 0 Å². The smallest absolute Gasteiger partial charge is 0.120 e. The number of hydrogen-bond donors (Lipinski definition) is 3. The summed E-state index contributed by atoms with van der Waals surface area (Å²) in [6.07, 6.45) is 8.45. The quantitative estimate of drug-likeness (QED) is 0.163. The minimum absolute atomic E-state index is 0.270. The lowest BCUT2D eigenvalue weighted by molar-refractivity contribution is 0.386. The van der Waals surface area contributed by atoms with E-state index in [2.05, 4.69) is 142 Å². The average Bonchev–Trinajstić information content (AvgIpc) is 4.02. The number of benzene rings is 4. The van der Waals surface area contributed by atoms with E-state index in [1.54, 1.807) is 6.07 Å². The van der Waals surface area contributed by atoms with Crippen LogP contribution in [0.1, 0.15) is 28.3 Å². The zero-order chi connectivity index (χ0) is 35.9. The van der Waals surface area contributed by atoms with Crippen LogP contribution >= 0.6 is 0 Å². The molecule has 2 aliphatic heterocycles. The first-order valence-electron chi connectivity index (χ1n) is 17.8. The molecule has 0 radical (unpaired) electrons. The molecule has 0 fully saturated rings. The SMILES string of the molecule is CN(C)Cc1cc(-c2c3nc(c(-c4ccccc4)c4ccc([nH]4)c(-c4ccccc4)c4nc(c(-c5ccccc5)c5ccc2[nH]5)C=C4)C=C3)ccc1O. The van der Waals surface area contributed by atoms with Gasteiger partial charge in [-0.3, -0.25) is 0 Å². The van der Waals surface area contributed by atoms with Crippen molar-refractivity contribution < 1.29 is 5.11 Å². The first-order valence-corrected chi connectivity index (χ1v) is 17.8. The van der Waals surface area contributed by atoms with Gasteiger partial charge in [-0.1, -0.05) is 97.1 Å². The van der Waals surface area contributed by atoms with Crippen LogP contribution in [0.4, 0.5) is 0 Å². The van der Waals surface area contributed by atoms with E-state index in [4.69, 9.17) is 9.97 Å². The highest BCUT2D eigenvalue weighted by molar-refractivity contribution is 5.99. The predicted molar refractivity (Wildman–Crippen MR) is 220 cm³/mol. The molecule has 0 unspecified atom stereocenters. The van der Waals surface area contributed by atoms with Crippen LogP contribution < -0.4 is 0 Å². The molecule has 6 heteroatoms. The van der Waals surface area contributed by atoms with Gasteiger partial charge in [0.05, 0.1) is 22.8 Å². The zero-order valence-electron chi connectivity index (χ0n) is 29.5. The van der Waals surface area contributed by atoms with E-state index in [0.29, 0.717) is 6.54 Å². The van der Waals surface area contributed by atoms with E-state index in [9.17, 15) is 5.11 Å². The number of rotatable bonds is 6. The summed E-state index contributed by atoms with van der Waals surface area (Å²) in [5.74, 6) is 0.270. The molecule has 256 valence electrons. The van der Waals surface area contributed by atoms with Crippen molar-refractivity contribution in [3.05, 3.63) is 162 Å². The van der Waals surface area contributed by atoms with Gasteiger partial charge in [0.15, 0.2) is 0 Å². The number of fused-ring (bicyclic) bond motifs is 8. The largest absolute Gasteiger partial charge is 0.508 e. The topological polar surface area (TPSA) is 80.8 Å². The Morgan fingerprint density at radius 1 is 0.453 bits per heavy atom. The standard InChI is InChI=1S/C47H37N5O/c1-52(2)29-34-28-33(18-27-43(34)53)47-41-25-23-39(50-41)45(31-14-8-4-9-15-31)37-21-19-35(48-37)44(30-12-6-3-7-13-30)36-20-22-38(49-36)46(32-16-10-5-11-17-32)40-24-26-42(47)51-40/h3-28,48,51,53H,29H2,1-2H3. The predicted octanol–water partition coefficient (Wildman–Crippen LogP) is 11.1. The van der Waals surface area contributed by atoms with Crippen LogP contribution in [0.25, 0.3) is 90.9 Å². The summed E-state index contributed by atoms with van der Waals surface area (Å²) >= 11 is 0. The second-order valence-electron chi connectivity index (χ2n) is 13.7. The molecule has 53 heavy (non-hydrogen) atoms. The van der Waals surface area contributed by atoms with Crippen molar-refractivity contribution in [2.24, 2.45) is 0 Å². The van der Waals surface area contributed by atoms with Crippen LogP contribution in [0.5, 0.6) is 5.75 Å². The average molecular weight is 688 g/mol. The summed E-state index contributed by atoms with van der Waals surface area (Å²) in [6.45, 7) is 0.600. The van der Waals surface area contributed by atoms with Gasteiger partial charge in [0.2, 0.25) is 0 Å². The van der Waals surface area contributed by atoms with Crippen molar-refractivity contribution in [3.63, 3.8) is 0 Å². The van der Waals surface area contributed by atoms with Gasteiger partial charge >= 0.3 is 0 Å². The lowest BCUT2D eigenvalue weighted by Gasteiger charge is -2.13. The molecule has 0 aliphatic carbocycles. The van der Waals surface area contributed by atoms with Crippen molar-refractivity contribution in [2.45, 2.75) is 6.54 Å². The molecule has 0 saturated heterocycles. The number of H-pyrrole nitrogens is 2. The van der Waals surface area contributed by atoms with Gasteiger partial charge in [0.1, 0.15) is 5.75 Å². The lowest BCUT2D eigenvalue weighted by Crippen LogP contribution is -2.10. The van der Waals surface area contributed by atoms with E-state index in [1.165, 1.54) is 0 Å². The van der Waals surface area contributed by atoms with Crippen molar-refractivity contribution in [3.8, 4) is 50.3 Å². The first kappa shape index (κ1) is 32.2. The van der Waals surface area contributed by atoms with E-state index < -0.39 is 0 Å². The summed E-state index contributed by atoms with van der Waals surface area (Å²) in [5, 5.41) is 10.9. The fourth-order valence-electron chi connectivity index (χ4n) is 7.44. The molecule has 3 aromatic heterocycles. The van der Waals surface area contributed by atoms with Crippen LogP contribution in [0.3, 0.4) is 0 Å². The highest BCUT2D eigenvalue weighted by Crippen LogP contribution is 2.39. The van der Waals surface area contributed by atoms with Crippen molar-refractivity contribution >= 4 is 46.4 Å². The number of aromatic amines is 2. The zero-order valence-corrected chi connectivity index (χ0v) is 29.5. The van der Waals surface area contributed by atoms with Crippen LogP contribution in [0.2, 0.25) is 0 Å². The molecule has 0 amide bonds. The Hall–Kier alpha value is -6.76. The van der Waals surface area contributed by atoms with E-state index >= 15 is 0 Å². The Morgan fingerprint density at radius 3 is 1.17 bits per heavy atom. The number of nitrogens with one attached hydrogen (secondary N) is 2. The Kier molecular flexibility index (Phi) is 8.14. The maximum atomic E-state index is 10.9. The fraction of sp³-hybridized carbons (Fsp3) is 0.0638. The van der Waals surface area contributed by atoms with Crippen molar-refractivity contribution in [1.29, 1.82) is 0 Å². The third-order valence-corrected chi connectivity index (χ3v) is 9.80. The monoisotopic (exact) mass is 687 g/mol.